The first-order chi connectivity index (χ1) is 8.08. The van der Waals surface area contributed by atoms with Crippen LogP contribution < -0.4 is 5.32 Å². The van der Waals surface area contributed by atoms with Crippen molar-refractivity contribution < 1.29 is 13.9 Å². The lowest BCUT2D eigenvalue weighted by Crippen LogP contribution is -2.29. The van der Waals surface area contributed by atoms with Gasteiger partial charge in [0.2, 0.25) is 5.91 Å². The molecule has 0 saturated heterocycles. The molecule has 0 aromatic heterocycles. The predicted molar refractivity (Wildman–Crippen MR) is 64.2 cm³/mol. The highest BCUT2D eigenvalue weighted by Gasteiger charge is 2.03. The summed E-state index contributed by atoms with van der Waals surface area (Å²) >= 11 is 0. The van der Waals surface area contributed by atoms with Gasteiger partial charge in [-0.2, -0.15) is 0 Å². The van der Waals surface area contributed by atoms with Crippen LogP contribution in [0.3, 0.4) is 0 Å². The lowest BCUT2D eigenvalue weighted by atomic mass is 10.1. The molecule has 3 nitrogen and oxygen atoms in total. The zero-order valence-electron chi connectivity index (χ0n) is 10.2. The van der Waals surface area contributed by atoms with Crippen LogP contribution in [0.5, 0.6) is 0 Å². The molecule has 0 radical (unpaired) electrons. The van der Waals surface area contributed by atoms with E-state index in [2.05, 4.69) is 5.32 Å². The maximum Gasteiger partial charge on any atom is 0.224 e. The number of rotatable bonds is 6. The second-order valence-corrected chi connectivity index (χ2v) is 4.07. The van der Waals surface area contributed by atoms with Crippen LogP contribution in [0.25, 0.3) is 0 Å². The highest BCUT2D eigenvalue weighted by Crippen LogP contribution is 2.03. The summed E-state index contributed by atoms with van der Waals surface area (Å²) in [6, 6.07) is 5.92. The molecule has 1 amide bonds. The fraction of sp³-hybridized carbons (Fsp3) is 0.462. The fourth-order valence-corrected chi connectivity index (χ4v) is 1.34. The van der Waals surface area contributed by atoms with Gasteiger partial charge in [-0.25, -0.2) is 4.39 Å². The highest BCUT2D eigenvalue weighted by atomic mass is 19.1. The van der Waals surface area contributed by atoms with E-state index in [1.165, 1.54) is 12.1 Å². The largest absolute Gasteiger partial charge is 0.377 e. The van der Waals surface area contributed by atoms with Crippen LogP contribution in [-0.2, 0) is 16.0 Å². The Bertz CT molecular complexity index is 349. The Hall–Kier alpha value is -1.42. The first-order valence-electron chi connectivity index (χ1n) is 5.70. The van der Waals surface area contributed by atoms with Crippen LogP contribution in [0.1, 0.15) is 19.4 Å². The maximum absolute atomic E-state index is 12.6. The number of amides is 1. The van der Waals surface area contributed by atoms with E-state index < -0.39 is 0 Å². The first-order valence-corrected chi connectivity index (χ1v) is 5.70. The summed E-state index contributed by atoms with van der Waals surface area (Å²) in [5.74, 6) is -0.372. The molecule has 0 unspecified atom stereocenters. The quantitative estimate of drug-likeness (QED) is 0.770. The second-order valence-electron chi connectivity index (χ2n) is 4.07. The lowest BCUT2D eigenvalue weighted by Gasteiger charge is -2.08. The summed E-state index contributed by atoms with van der Waals surface area (Å²) in [6.45, 7) is 4.89. The number of benzene rings is 1. The van der Waals surface area contributed by atoms with E-state index in [1.54, 1.807) is 12.1 Å². The molecule has 0 heterocycles. The Balaban J connectivity index is 2.23. The average Bonchev–Trinajstić information content (AvgIpc) is 2.27. The van der Waals surface area contributed by atoms with Gasteiger partial charge in [-0.3, -0.25) is 4.79 Å². The molecule has 0 aliphatic rings. The molecular weight excluding hydrogens is 221 g/mol. The number of carbonyl (C=O) groups excluding carboxylic acids is 1. The van der Waals surface area contributed by atoms with Gasteiger partial charge in [-0.1, -0.05) is 12.1 Å². The molecule has 0 atom stereocenters. The molecule has 4 heteroatoms. The number of nitrogens with one attached hydrogen (secondary N) is 1. The van der Waals surface area contributed by atoms with Crippen LogP contribution in [0.2, 0.25) is 0 Å². The van der Waals surface area contributed by atoms with Crippen molar-refractivity contribution in [2.45, 2.75) is 26.4 Å². The number of ether oxygens (including phenoxy) is 1. The van der Waals surface area contributed by atoms with E-state index in [-0.39, 0.29) is 24.2 Å². The lowest BCUT2D eigenvalue weighted by molar-refractivity contribution is -0.120. The number of hydrogen-bond acceptors (Lipinski definition) is 2. The van der Waals surface area contributed by atoms with Crippen LogP contribution in [0, 0.1) is 5.82 Å². The average molecular weight is 239 g/mol. The third kappa shape index (κ3) is 6.02. The second kappa shape index (κ2) is 7.01. The number of carbonyl (C=O) groups is 1. The minimum absolute atomic E-state index is 0.0797. The molecule has 94 valence electrons. The number of halogens is 1. The molecule has 1 aromatic carbocycles. The molecule has 0 aliphatic carbocycles. The molecule has 0 bridgehead atoms. The molecule has 1 aromatic rings. The summed E-state index contributed by atoms with van der Waals surface area (Å²) in [7, 11) is 0. The molecule has 1 rings (SSSR count). The smallest absolute Gasteiger partial charge is 0.224 e. The van der Waals surface area contributed by atoms with Crippen molar-refractivity contribution in [3.8, 4) is 0 Å². The Morgan fingerprint density at radius 1 is 1.35 bits per heavy atom. The molecule has 0 aliphatic heterocycles. The summed E-state index contributed by atoms with van der Waals surface area (Å²) < 4.78 is 17.9. The van der Waals surface area contributed by atoms with E-state index in [1.807, 2.05) is 13.8 Å². The third-order valence-corrected chi connectivity index (χ3v) is 2.15. The maximum atomic E-state index is 12.6. The van der Waals surface area contributed by atoms with E-state index >= 15 is 0 Å². The van der Waals surface area contributed by atoms with Crippen LogP contribution in [0.4, 0.5) is 4.39 Å². The predicted octanol–water partition coefficient (Wildman–Crippen LogP) is 1.91. The van der Waals surface area contributed by atoms with E-state index in [0.29, 0.717) is 13.2 Å². The fourth-order valence-electron chi connectivity index (χ4n) is 1.34. The summed E-state index contributed by atoms with van der Waals surface area (Å²) in [5.41, 5.74) is 0.800. The summed E-state index contributed by atoms with van der Waals surface area (Å²) in [6.07, 6.45) is 0.436. The first kappa shape index (κ1) is 13.6. The summed E-state index contributed by atoms with van der Waals surface area (Å²) in [5, 5.41) is 2.74. The van der Waals surface area contributed by atoms with E-state index in [0.717, 1.165) is 5.56 Å². The van der Waals surface area contributed by atoms with Crippen LogP contribution >= 0.6 is 0 Å². The zero-order chi connectivity index (χ0) is 12.7. The van der Waals surface area contributed by atoms with Gasteiger partial charge in [0.15, 0.2) is 0 Å². The molecule has 0 fully saturated rings. The minimum Gasteiger partial charge on any atom is -0.377 e. The molecule has 0 spiro atoms. The van der Waals surface area contributed by atoms with Crippen molar-refractivity contribution in [1.29, 1.82) is 0 Å². The van der Waals surface area contributed by atoms with E-state index in [9.17, 15) is 9.18 Å². The molecule has 1 N–H and O–H groups in total. The van der Waals surface area contributed by atoms with Crippen LogP contribution in [-0.4, -0.2) is 25.2 Å². The van der Waals surface area contributed by atoms with Gasteiger partial charge in [0.05, 0.1) is 19.1 Å². The van der Waals surface area contributed by atoms with Gasteiger partial charge in [0, 0.05) is 6.54 Å². The topological polar surface area (TPSA) is 38.3 Å². The van der Waals surface area contributed by atoms with Crippen LogP contribution in [0.15, 0.2) is 24.3 Å². The van der Waals surface area contributed by atoms with Gasteiger partial charge in [0.1, 0.15) is 5.82 Å². The highest BCUT2D eigenvalue weighted by molar-refractivity contribution is 5.78. The van der Waals surface area contributed by atoms with Crippen molar-refractivity contribution in [2.75, 3.05) is 13.2 Å². The van der Waals surface area contributed by atoms with Crippen molar-refractivity contribution >= 4 is 5.91 Å². The van der Waals surface area contributed by atoms with Crippen molar-refractivity contribution in [3.05, 3.63) is 35.6 Å². The Labute approximate surface area is 101 Å². The van der Waals surface area contributed by atoms with Crippen molar-refractivity contribution in [3.63, 3.8) is 0 Å². The molecular formula is C13H18FNO2. The monoisotopic (exact) mass is 239 g/mol. The minimum atomic E-state index is -0.292. The van der Waals surface area contributed by atoms with Gasteiger partial charge < -0.3 is 10.1 Å². The van der Waals surface area contributed by atoms with Gasteiger partial charge in [0.25, 0.3) is 0 Å². The van der Waals surface area contributed by atoms with E-state index in [4.69, 9.17) is 4.74 Å². The SMILES string of the molecule is CC(C)OCCNC(=O)Cc1ccc(F)cc1. The Morgan fingerprint density at radius 3 is 2.59 bits per heavy atom. The standard InChI is InChI=1S/C13H18FNO2/c1-10(2)17-8-7-15-13(16)9-11-3-5-12(14)6-4-11/h3-6,10H,7-9H2,1-2H3,(H,15,16). The van der Waals surface area contributed by atoms with Crippen molar-refractivity contribution in [1.82, 2.24) is 5.32 Å². The van der Waals surface area contributed by atoms with Gasteiger partial charge in [-0.15, -0.1) is 0 Å². The third-order valence-electron chi connectivity index (χ3n) is 2.15. The Kier molecular flexibility index (Phi) is 5.63. The normalized spacial score (nSPS) is 10.6. The Morgan fingerprint density at radius 2 is 2.00 bits per heavy atom. The zero-order valence-corrected chi connectivity index (χ0v) is 10.2. The van der Waals surface area contributed by atoms with Gasteiger partial charge in [-0.05, 0) is 31.5 Å². The van der Waals surface area contributed by atoms with Crippen molar-refractivity contribution in [2.24, 2.45) is 0 Å². The number of hydrogen-bond donors (Lipinski definition) is 1. The van der Waals surface area contributed by atoms with Gasteiger partial charge >= 0.3 is 0 Å². The molecule has 0 saturated carbocycles. The summed E-state index contributed by atoms with van der Waals surface area (Å²) in [4.78, 5) is 11.5. The molecule has 17 heavy (non-hydrogen) atoms.